The van der Waals surface area contributed by atoms with E-state index in [1.807, 2.05) is 30.3 Å². The molecule has 9 aromatic rings. The van der Waals surface area contributed by atoms with Crippen LogP contribution in [0.15, 0.2) is 170 Å². The first-order valence-electron chi connectivity index (χ1n) is 17.0. The van der Waals surface area contributed by atoms with Crippen molar-refractivity contribution in [1.82, 2.24) is 9.55 Å². The lowest BCUT2D eigenvalue weighted by molar-refractivity contribution is 1.02. The maximum Gasteiger partial charge on any atom is 0.138 e. The van der Waals surface area contributed by atoms with E-state index < -0.39 is 0 Å². The van der Waals surface area contributed by atoms with Crippen LogP contribution < -0.4 is 0 Å². The molecule has 0 bridgehead atoms. The van der Waals surface area contributed by atoms with Gasteiger partial charge in [0.05, 0.1) is 28.2 Å². The van der Waals surface area contributed by atoms with Gasteiger partial charge in [0.1, 0.15) is 5.82 Å². The number of hydrogen-bond donors (Lipinski definition) is 0. The Hall–Kier alpha value is -6.76. The van der Waals surface area contributed by atoms with Crippen LogP contribution in [0.2, 0.25) is 0 Å². The third kappa shape index (κ3) is 4.33. The minimum Gasteiger partial charge on any atom is -0.294 e. The summed E-state index contributed by atoms with van der Waals surface area (Å²) in [5, 5.41) is 13.1. The van der Waals surface area contributed by atoms with Crippen molar-refractivity contribution in [3.63, 3.8) is 0 Å². The van der Waals surface area contributed by atoms with Gasteiger partial charge >= 0.3 is 0 Å². The second kappa shape index (κ2) is 11.2. The van der Waals surface area contributed by atoms with Gasteiger partial charge in [0.25, 0.3) is 0 Å². The molecule has 1 unspecified atom stereocenters. The topological polar surface area (TPSA) is 41.6 Å². The molecule has 10 rings (SSSR count). The van der Waals surface area contributed by atoms with Gasteiger partial charge in [-0.25, -0.2) is 4.98 Å². The Balaban J connectivity index is 1.15. The molecule has 7 aromatic carbocycles. The molecule has 3 nitrogen and oxygen atoms in total. The van der Waals surface area contributed by atoms with E-state index in [1.54, 1.807) is 0 Å². The molecule has 232 valence electrons. The minimum atomic E-state index is 0.235. The maximum atomic E-state index is 9.65. The van der Waals surface area contributed by atoms with Gasteiger partial charge < -0.3 is 0 Å². The molecule has 0 saturated heterocycles. The molecule has 2 heterocycles. The molecular weight excluding hydrogens is 607 g/mol. The first-order chi connectivity index (χ1) is 24.7. The summed E-state index contributed by atoms with van der Waals surface area (Å²) >= 11 is 0. The van der Waals surface area contributed by atoms with Gasteiger partial charge in [0, 0.05) is 22.1 Å². The number of hydrogen-bond acceptors (Lipinski definition) is 2. The third-order valence-corrected chi connectivity index (χ3v) is 10.3. The summed E-state index contributed by atoms with van der Waals surface area (Å²) in [7, 11) is 0. The van der Waals surface area contributed by atoms with Gasteiger partial charge in [-0.1, -0.05) is 121 Å². The second-order valence-electron chi connectivity index (χ2n) is 13.1. The molecule has 1 atom stereocenters. The number of para-hydroxylation sites is 2. The quantitative estimate of drug-likeness (QED) is 0.193. The highest BCUT2D eigenvalue weighted by Crippen LogP contribution is 2.49. The van der Waals surface area contributed by atoms with Crippen molar-refractivity contribution in [2.45, 2.75) is 5.92 Å². The van der Waals surface area contributed by atoms with E-state index in [0.29, 0.717) is 5.56 Å². The normalized spacial score (nSPS) is 13.4. The summed E-state index contributed by atoms with van der Waals surface area (Å²) in [6, 6.07) is 62.6. The van der Waals surface area contributed by atoms with Gasteiger partial charge in [-0.05, 0) is 98.6 Å². The largest absolute Gasteiger partial charge is 0.294 e. The lowest BCUT2D eigenvalue weighted by Gasteiger charge is -2.15. The number of rotatable bonds is 4. The van der Waals surface area contributed by atoms with Crippen molar-refractivity contribution >= 4 is 32.7 Å². The Morgan fingerprint density at radius 3 is 2.10 bits per heavy atom. The zero-order chi connectivity index (χ0) is 33.2. The highest BCUT2D eigenvalue weighted by atomic mass is 15.1. The molecule has 2 aromatic heterocycles. The molecule has 0 N–H and O–H groups in total. The predicted octanol–water partition coefficient (Wildman–Crippen LogP) is 11.7. The fourth-order valence-corrected chi connectivity index (χ4v) is 8.06. The third-order valence-electron chi connectivity index (χ3n) is 10.3. The Kier molecular flexibility index (Phi) is 6.31. The summed E-state index contributed by atoms with van der Waals surface area (Å²) < 4.78 is 2.28. The van der Waals surface area contributed by atoms with Crippen LogP contribution in [-0.4, -0.2) is 9.55 Å². The van der Waals surface area contributed by atoms with Gasteiger partial charge in [-0.15, -0.1) is 0 Å². The molecule has 0 amide bonds. The van der Waals surface area contributed by atoms with Crippen molar-refractivity contribution in [2.75, 3.05) is 0 Å². The van der Waals surface area contributed by atoms with Crippen LogP contribution >= 0.6 is 0 Å². The fourth-order valence-electron chi connectivity index (χ4n) is 8.06. The van der Waals surface area contributed by atoms with Crippen molar-refractivity contribution in [2.24, 2.45) is 0 Å². The monoisotopic (exact) mass is 635 g/mol. The van der Waals surface area contributed by atoms with Crippen LogP contribution in [0, 0.1) is 11.3 Å². The average Bonchev–Trinajstić information content (AvgIpc) is 3.70. The Morgan fingerprint density at radius 1 is 0.480 bits per heavy atom. The summed E-state index contributed by atoms with van der Waals surface area (Å²) in [5.41, 5.74) is 14.9. The number of fused-ring (bicyclic) bond motifs is 7. The molecule has 0 saturated carbocycles. The second-order valence-corrected chi connectivity index (χ2v) is 13.1. The van der Waals surface area contributed by atoms with E-state index >= 15 is 0 Å². The number of aromatic nitrogens is 2. The molecule has 3 heteroatoms. The number of pyridine rings is 1. The van der Waals surface area contributed by atoms with Crippen molar-refractivity contribution < 1.29 is 0 Å². The molecule has 0 aliphatic heterocycles. The zero-order valence-electron chi connectivity index (χ0n) is 27.1. The minimum absolute atomic E-state index is 0.235. The Morgan fingerprint density at radius 2 is 1.20 bits per heavy atom. The molecule has 50 heavy (non-hydrogen) atoms. The van der Waals surface area contributed by atoms with E-state index in [1.165, 1.54) is 49.7 Å². The average molecular weight is 636 g/mol. The lowest BCUT2D eigenvalue weighted by atomic mass is 9.89. The summed E-state index contributed by atoms with van der Waals surface area (Å²) in [5.74, 6) is 1.08. The molecule has 1 aliphatic rings. The smallest absolute Gasteiger partial charge is 0.138 e. The molecular formula is C47H29N3. The predicted molar refractivity (Wildman–Crippen MR) is 204 cm³/mol. The van der Waals surface area contributed by atoms with Crippen LogP contribution in [-0.2, 0) is 0 Å². The van der Waals surface area contributed by atoms with E-state index in [-0.39, 0.29) is 5.92 Å². The molecule has 1 aliphatic carbocycles. The van der Waals surface area contributed by atoms with E-state index in [0.717, 1.165) is 38.9 Å². The highest BCUT2D eigenvalue weighted by molar-refractivity contribution is 6.11. The van der Waals surface area contributed by atoms with Gasteiger partial charge in [-0.2, -0.15) is 5.26 Å². The van der Waals surface area contributed by atoms with Crippen LogP contribution in [0.4, 0.5) is 0 Å². The van der Waals surface area contributed by atoms with Crippen LogP contribution in [0.25, 0.3) is 71.9 Å². The van der Waals surface area contributed by atoms with Crippen molar-refractivity contribution in [1.29, 1.82) is 5.26 Å². The molecule has 0 radical (unpaired) electrons. The van der Waals surface area contributed by atoms with Crippen LogP contribution in [0.3, 0.4) is 0 Å². The van der Waals surface area contributed by atoms with Gasteiger partial charge in [0.15, 0.2) is 0 Å². The van der Waals surface area contributed by atoms with Crippen LogP contribution in [0.5, 0.6) is 0 Å². The van der Waals surface area contributed by atoms with E-state index in [4.69, 9.17) is 4.98 Å². The van der Waals surface area contributed by atoms with Gasteiger partial charge in [0.2, 0.25) is 0 Å². The Bertz CT molecular complexity index is 2840. The first-order valence-corrected chi connectivity index (χ1v) is 17.0. The van der Waals surface area contributed by atoms with Crippen molar-refractivity contribution in [3.8, 4) is 45.3 Å². The standard InChI is InChI=1S/C47H29N3/c48-29-30-11-10-14-34(25-30)40-28-46(49-43-19-8-6-16-36(40)43)50-44-20-9-7-17-37(44)42-27-33(22-24-45(42)50)32-21-23-39-41(26-32)35-15-4-5-18-38(35)47(39)31-12-2-1-3-13-31/h1-28,47H. The van der Waals surface area contributed by atoms with Gasteiger partial charge in [-0.3, -0.25) is 4.57 Å². The van der Waals surface area contributed by atoms with E-state index in [9.17, 15) is 5.26 Å². The van der Waals surface area contributed by atoms with Crippen LogP contribution in [0.1, 0.15) is 28.2 Å². The van der Waals surface area contributed by atoms with E-state index in [2.05, 4.69) is 150 Å². The fraction of sp³-hybridized carbons (Fsp3) is 0.0213. The number of nitrogens with zero attached hydrogens (tertiary/aromatic N) is 3. The molecule has 0 spiro atoms. The zero-order valence-corrected chi connectivity index (χ0v) is 27.1. The van der Waals surface area contributed by atoms with Crippen molar-refractivity contribution in [3.05, 3.63) is 192 Å². The lowest BCUT2D eigenvalue weighted by Crippen LogP contribution is -1.99. The summed E-state index contributed by atoms with van der Waals surface area (Å²) in [6.07, 6.45) is 0. The maximum absolute atomic E-state index is 9.65. The Labute approximate surface area is 290 Å². The number of benzene rings is 7. The highest BCUT2D eigenvalue weighted by Gasteiger charge is 2.30. The molecule has 0 fully saturated rings. The summed E-state index contributed by atoms with van der Waals surface area (Å²) in [4.78, 5) is 5.22. The number of nitriles is 1. The summed E-state index contributed by atoms with van der Waals surface area (Å²) in [6.45, 7) is 0. The SMILES string of the molecule is N#Cc1cccc(-c2cc(-n3c4ccccc4c4cc(-c5ccc6c(c5)-c5ccccc5C6c5ccccc5)ccc43)nc3ccccc23)c1. The first kappa shape index (κ1) is 28.3.